The van der Waals surface area contributed by atoms with Crippen LogP contribution in [-0.4, -0.2) is 16.2 Å². The van der Waals surface area contributed by atoms with E-state index in [-0.39, 0.29) is 12.0 Å². The zero-order chi connectivity index (χ0) is 12.5. The molecule has 0 amide bonds. The Morgan fingerprint density at radius 2 is 1.88 bits per heavy atom. The maximum atomic E-state index is 13.5. The average molecular weight is 230 g/mol. The van der Waals surface area contributed by atoms with Gasteiger partial charge in [-0.25, -0.2) is 8.78 Å². The van der Waals surface area contributed by atoms with Gasteiger partial charge in [-0.2, -0.15) is 0 Å². The van der Waals surface area contributed by atoms with E-state index in [0.717, 1.165) is 6.07 Å². The van der Waals surface area contributed by atoms with Crippen LogP contribution < -0.4 is 0 Å². The number of benzene rings is 1. The van der Waals surface area contributed by atoms with Gasteiger partial charge in [0.05, 0.1) is 6.42 Å². The minimum Gasteiger partial charge on any atom is -0.505 e. The van der Waals surface area contributed by atoms with Crippen LogP contribution >= 0.6 is 0 Å². The molecule has 0 atom stereocenters. The van der Waals surface area contributed by atoms with Crippen molar-refractivity contribution in [1.29, 1.82) is 0 Å². The summed E-state index contributed by atoms with van der Waals surface area (Å²) >= 11 is 0. The van der Waals surface area contributed by atoms with Crippen LogP contribution in [0.15, 0.2) is 12.1 Å². The Morgan fingerprint density at radius 1 is 1.31 bits per heavy atom. The minimum atomic E-state index is -1.10. The molecule has 88 valence electrons. The largest absolute Gasteiger partial charge is 0.505 e. The molecule has 0 unspecified atom stereocenters. The van der Waals surface area contributed by atoms with Gasteiger partial charge in [-0.3, -0.25) is 4.79 Å². The first-order valence-electron chi connectivity index (χ1n) is 4.64. The van der Waals surface area contributed by atoms with Crippen LogP contribution in [0.25, 0.3) is 0 Å². The molecule has 0 aliphatic rings. The van der Waals surface area contributed by atoms with Gasteiger partial charge in [-0.05, 0) is 11.6 Å². The average Bonchev–Trinajstić information content (AvgIpc) is 2.08. The number of halogens is 2. The van der Waals surface area contributed by atoms with E-state index in [4.69, 9.17) is 10.2 Å². The molecule has 5 heteroatoms. The number of aromatic hydroxyl groups is 1. The first-order valence-corrected chi connectivity index (χ1v) is 4.64. The fraction of sp³-hybridized carbons (Fsp3) is 0.364. The third kappa shape index (κ3) is 2.48. The highest BCUT2D eigenvalue weighted by Gasteiger charge is 2.28. The van der Waals surface area contributed by atoms with Crippen molar-refractivity contribution in [3.8, 4) is 5.75 Å². The fourth-order valence-electron chi connectivity index (χ4n) is 1.53. The smallest absolute Gasteiger partial charge is 0.304 e. The summed E-state index contributed by atoms with van der Waals surface area (Å²) in [4.78, 5) is 10.6. The molecule has 3 nitrogen and oxygen atoms in total. The molecule has 0 aromatic heterocycles. The summed E-state index contributed by atoms with van der Waals surface area (Å²) in [6.07, 6.45) is -0.325. The van der Waals surface area contributed by atoms with E-state index in [2.05, 4.69) is 0 Å². The summed E-state index contributed by atoms with van der Waals surface area (Å²) in [6, 6.07) is 1.47. The lowest BCUT2D eigenvalue weighted by Crippen LogP contribution is -2.23. The van der Waals surface area contributed by atoms with Crippen molar-refractivity contribution in [3.63, 3.8) is 0 Å². The van der Waals surface area contributed by atoms with Gasteiger partial charge < -0.3 is 10.2 Å². The molecule has 0 spiro atoms. The van der Waals surface area contributed by atoms with Crippen molar-refractivity contribution >= 4 is 5.97 Å². The first kappa shape index (κ1) is 12.4. The second-order valence-electron chi connectivity index (χ2n) is 4.24. The van der Waals surface area contributed by atoms with E-state index >= 15 is 0 Å². The SMILES string of the molecule is CC(C)(CC(=O)O)c1cc(F)c(O)cc1F. The van der Waals surface area contributed by atoms with E-state index in [9.17, 15) is 13.6 Å². The van der Waals surface area contributed by atoms with Gasteiger partial charge in [0.1, 0.15) is 5.82 Å². The molecule has 1 aromatic carbocycles. The van der Waals surface area contributed by atoms with Gasteiger partial charge >= 0.3 is 5.97 Å². The van der Waals surface area contributed by atoms with E-state index in [1.54, 1.807) is 0 Å². The zero-order valence-electron chi connectivity index (χ0n) is 8.92. The Bertz CT molecular complexity index is 427. The Hall–Kier alpha value is -1.65. The van der Waals surface area contributed by atoms with Crippen LogP contribution in [-0.2, 0) is 10.2 Å². The zero-order valence-corrected chi connectivity index (χ0v) is 8.92. The van der Waals surface area contributed by atoms with Crippen LogP contribution in [0.3, 0.4) is 0 Å². The summed E-state index contributed by atoms with van der Waals surface area (Å²) < 4.78 is 26.5. The van der Waals surface area contributed by atoms with E-state index in [1.807, 2.05) is 0 Å². The third-order valence-electron chi connectivity index (χ3n) is 2.36. The van der Waals surface area contributed by atoms with E-state index < -0.39 is 28.8 Å². The van der Waals surface area contributed by atoms with Gasteiger partial charge in [-0.1, -0.05) is 13.8 Å². The number of carboxylic acid groups (broad SMARTS) is 1. The van der Waals surface area contributed by atoms with Crippen molar-refractivity contribution in [2.45, 2.75) is 25.7 Å². The molecule has 0 radical (unpaired) electrons. The summed E-state index contributed by atoms with van der Waals surface area (Å²) in [5.74, 6) is -3.66. The summed E-state index contributed by atoms with van der Waals surface area (Å²) in [5, 5.41) is 17.6. The number of carboxylic acids is 1. The van der Waals surface area contributed by atoms with Crippen LogP contribution in [0.5, 0.6) is 5.75 Å². The molecule has 0 aliphatic heterocycles. The monoisotopic (exact) mass is 230 g/mol. The molecule has 1 rings (SSSR count). The normalized spacial score (nSPS) is 11.5. The number of aliphatic carboxylic acids is 1. The van der Waals surface area contributed by atoms with Gasteiger partial charge in [-0.15, -0.1) is 0 Å². The molecule has 0 heterocycles. The molecular formula is C11H12F2O3. The van der Waals surface area contributed by atoms with Gasteiger partial charge in [0.25, 0.3) is 0 Å². The summed E-state index contributed by atoms with van der Waals surface area (Å²) in [6.45, 7) is 2.99. The molecule has 1 aromatic rings. The number of phenols is 1. The standard InChI is InChI=1S/C11H12F2O3/c1-11(2,5-10(15)16)6-3-8(13)9(14)4-7(6)12/h3-4,14H,5H2,1-2H3,(H,15,16). The molecule has 0 fully saturated rings. The lowest BCUT2D eigenvalue weighted by Gasteiger charge is -2.23. The van der Waals surface area contributed by atoms with E-state index in [0.29, 0.717) is 6.07 Å². The van der Waals surface area contributed by atoms with Crippen LogP contribution in [0.4, 0.5) is 8.78 Å². The van der Waals surface area contributed by atoms with Crippen molar-refractivity contribution in [3.05, 3.63) is 29.3 Å². The third-order valence-corrected chi connectivity index (χ3v) is 2.36. The predicted molar refractivity (Wildman–Crippen MR) is 53.3 cm³/mol. The van der Waals surface area contributed by atoms with Crippen LogP contribution in [0, 0.1) is 11.6 Å². The number of hydrogen-bond donors (Lipinski definition) is 2. The first-order chi connectivity index (χ1) is 7.24. The van der Waals surface area contributed by atoms with Crippen molar-refractivity contribution < 1.29 is 23.8 Å². The Kier molecular flexibility index (Phi) is 3.16. The van der Waals surface area contributed by atoms with Gasteiger partial charge in [0, 0.05) is 11.5 Å². The number of rotatable bonds is 3. The molecule has 0 aliphatic carbocycles. The summed E-state index contributed by atoms with van der Waals surface area (Å²) in [5.41, 5.74) is -1.10. The minimum absolute atomic E-state index is 0.0646. The second kappa shape index (κ2) is 4.08. The van der Waals surface area contributed by atoms with Crippen LogP contribution in [0.1, 0.15) is 25.8 Å². The molecule has 16 heavy (non-hydrogen) atoms. The quantitative estimate of drug-likeness (QED) is 0.838. The molecule has 0 bridgehead atoms. The highest BCUT2D eigenvalue weighted by atomic mass is 19.1. The molecular weight excluding hydrogens is 218 g/mol. The Balaban J connectivity index is 3.22. The fourth-order valence-corrected chi connectivity index (χ4v) is 1.53. The summed E-state index contributed by atoms with van der Waals surface area (Å²) in [7, 11) is 0. The molecule has 0 saturated carbocycles. The van der Waals surface area contributed by atoms with Gasteiger partial charge in [0.15, 0.2) is 11.6 Å². The second-order valence-corrected chi connectivity index (χ2v) is 4.24. The lowest BCUT2D eigenvalue weighted by atomic mass is 9.81. The van der Waals surface area contributed by atoms with E-state index in [1.165, 1.54) is 13.8 Å². The van der Waals surface area contributed by atoms with Crippen molar-refractivity contribution in [2.75, 3.05) is 0 Å². The number of carbonyl (C=O) groups is 1. The topological polar surface area (TPSA) is 57.5 Å². The highest BCUT2D eigenvalue weighted by molar-refractivity contribution is 5.69. The Labute approximate surface area is 91.3 Å². The molecule has 2 N–H and O–H groups in total. The number of hydrogen-bond acceptors (Lipinski definition) is 2. The maximum absolute atomic E-state index is 13.5. The highest BCUT2D eigenvalue weighted by Crippen LogP contribution is 2.32. The predicted octanol–water partition coefficient (Wildman–Crippen LogP) is 2.42. The molecule has 0 saturated heterocycles. The Morgan fingerprint density at radius 3 is 2.38 bits per heavy atom. The maximum Gasteiger partial charge on any atom is 0.304 e. The lowest BCUT2D eigenvalue weighted by molar-refractivity contribution is -0.138. The van der Waals surface area contributed by atoms with Crippen molar-refractivity contribution in [2.24, 2.45) is 0 Å². The van der Waals surface area contributed by atoms with Crippen molar-refractivity contribution in [1.82, 2.24) is 0 Å². The number of phenolic OH excluding ortho intramolecular Hbond substituents is 1. The van der Waals surface area contributed by atoms with Gasteiger partial charge in [0.2, 0.25) is 0 Å². The van der Waals surface area contributed by atoms with Crippen LogP contribution in [0.2, 0.25) is 0 Å².